The summed E-state index contributed by atoms with van der Waals surface area (Å²) in [5.41, 5.74) is 6.27. The molecular formula is C25H32F2N4O3. The molecule has 1 fully saturated rings. The maximum Gasteiger partial charge on any atom is 0.254 e. The number of piperidine rings is 1. The fourth-order valence-corrected chi connectivity index (χ4v) is 3.92. The summed E-state index contributed by atoms with van der Waals surface area (Å²) >= 11 is 0. The van der Waals surface area contributed by atoms with Crippen molar-refractivity contribution in [3.63, 3.8) is 0 Å². The Morgan fingerprint density at radius 1 is 1.24 bits per heavy atom. The molecule has 1 aliphatic rings. The number of carbonyl (C=O) groups excluding carboxylic acids is 1. The minimum absolute atomic E-state index is 0.0601. The van der Waals surface area contributed by atoms with Crippen LogP contribution in [-0.2, 0) is 16.1 Å². The van der Waals surface area contributed by atoms with Crippen LogP contribution in [0.15, 0.2) is 36.4 Å². The van der Waals surface area contributed by atoms with Crippen LogP contribution < -0.4 is 21.1 Å². The van der Waals surface area contributed by atoms with Gasteiger partial charge in [-0.1, -0.05) is 30.7 Å². The lowest BCUT2D eigenvalue weighted by Crippen LogP contribution is -2.35. The lowest BCUT2D eigenvalue weighted by atomic mass is 10.0. The van der Waals surface area contributed by atoms with Gasteiger partial charge in [0.1, 0.15) is 11.7 Å². The summed E-state index contributed by atoms with van der Waals surface area (Å²) in [5, 5.41) is 13.5. The highest BCUT2D eigenvalue weighted by atomic mass is 19.1. The first-order chi connectivity index (χ1) is 16.4. The molecule has 1 unspecified atom stereocenters. The van der Waals surface area contributed by atoms with Gasteiger partial charge in [-0.3, -0.25) is 10.2 Å². The number of benzene rings is 2. The van der Waals surface area contributed by atoms with Crippen LogP contribution in [0.25, 0.3) is 0 Å². The lowest BCUT2D eigenvalue weighted by Gasteiger charge is -2.23. The van der Waals surface area contributed by atoms with Gasteiger partial charge in [0.05, 0.1) is 12.2 Å². The van der Waals surface area contributed by atoms with Crippen LogP contribution in [-0.4, -0.2) is 37.5 Å². The van der Waals surface area contributed by atoms with E-state index in [4.69, 9.17) is 20.6 Å². The maximum atomic E-state index is 15.2. The molecule has 1 aliphatic heterocycles. The second-order valence-corrected chi connectivity index (χ2v) is 8.22. The van der Waals surface area contributed by atoms with Gasteiger partial charge >= 0.3 is 0 Å². The summed E-state index contributed by atoms with van der Waals surface area (Å²) in [7, 11) is 0. The molecule has 2 aromatic carbocycles. The molecule has 0 aliphatic carbocycles. The zero-order chi connectivity index (χ0) is 24.5. The fraction of sp³-hybridized carbons (Fsp3) is 0.440. The van der Waals surface area contributed by atoms with Crippen molar-refractivity contribution in [3.05, 3.63) is 64.7 Å². The molecule has 1 heterocycles. The number of amides is 1. The summed E-state index contributed by atoms with van der Waals surface area (Å²) in [6.45, 7) is 3.10. The maximum absolute atomic E-state index is 15.2. The normalized spacial score (nSPS) is 16.6. The minimum atomic E-state index is -1.47. The molecule has 5 N–H and O–H groups in total. The number of hydrogen-bond donors (Lipinski definition) is 4. The Kier molecular flexibility index (Phi) is 9.35. The van der Waals surface area contributed by atoms with E-state index in [1.165, 1.54) is 6.07 Å². The first-order valence-corrected chi connectivity index (χ1v) is 11.6. The highest BCUT2D eigenvalue weighted by Gasteiger charge is 2.30. The monoisotopic (exact) mass is 474 g/mol. The van der Waals surface area contributed by atoms with Gasteiger partial charge in [0.25, 0.3) is 5.91 Å². The van der Waals surface area contributed by atoms with Crippen molar-refractivity contribution >= 4 is 11.7 Å². The quantitative estimate of drug-likeness (QED) is 0.294. The Hall–Kier alpha value is -3.04. The molecule has 0 aromatic heterocycles. The number of nitrogens with two attached hydrogens (primary N) is 1. The first kappa shape index (κ1) is 25.6. The van der Waals surface area contributed by atoms with Gasteiger partial charge in [-0.05, 0) is 50.4 Å². The van der Waals surface area contributed by atoms with E-state index < -0.39 is 29.2 Å². The van der Waals surface area contributed by atoms with Crippen LogP contribution in [0.4, 0.5) is 8.78 Å². The van der Waals surface area contributed by atoms with Crippen molar-refractivity contribution in [1.82, 2.24) is 10.6 Å². The molecule has 3 rings (SSSR count). The molecular weight excluding hydrogens is 442 g/mol. The van der Waals surface area contributed by atoms with Crippen molar-refractivity contribution in [1.29, 1.82) is 5.41 Å². The Balaban J connectivity index is 1.68. The molecule has 0 spiro atoms. The van der Waals surface area contributed by atoms with E-state index in [0.717, 1.165) is 37.4 Å². The second-order valence-electron chi connectivity index (χ2n) is 8.22. The van der Waals surface area contributed by atoms with Crippen molar-refractivity contribution in [3.8, 4) is 5.75 Å². The van der Waals surface area contributed by atoms with Crippen LogP contribution >= 0.6 is 0 Å². The smallest absolute Gasteiger partial charge is 0.254 e. The average Bonchev–Trinajstić information content (AvgIpc) is 2.84. The zero-order valence-corrected chi connectivity index (χ0v) is 19.3. The van der Waals surface area contributed by atoms with E-state index in [1.54, 1.807) is 31.2 Å². The molecule has 0 bridgehead atoms. The van der Waals surface area contributed by atoms with E-state index in [0.29, 0.717) is 18.0 Å². The third-order valence-electron chi connectivity index (χ3n) is 5.79. The first-order valence-electron chi connectivity index (χ1n) is 11.6. The van der Waals surface area contributed by atoms with E-state index >= 15 is 4.39 Å². The lowest BCUT2D eigenvalue weighted by molar-refractivity contribution is -0.133. The number of nitrogens with one attached hydrogen (secondary N) is 3. The molecule has 7 nitrogen and oxygen atoms in total. The number of ether oxygens (including phenoxy) is 2. The minimum Gasteiger partial charge on any atom is -0.490 e. The summed E-state index contributed by atoms with van der Waals surface area (Å²) in [5.74, 6) is -2.65. The number of amidine groups is 1. The molecule has 2 aromatic rings. The van der Waals surface area contributed by atoms with Gasteiger partial charge in [-0.2, -0.15) is 0 Å². The van der Waals surface area contributed by atoms with E-state index in [2.05, 4.69) is 10.6 Å². The van der Waals surface area contributed by atoms with Crippen LogP contribution in [0.3, 0.4) is 0 Å². The number of halogens is 2. The van der Waals surface area contributed by atoms with Gasteiger partial charge in [0.2, 0.25) is 0 Å². The molecule has 1 saturated heterocycles. The summed E-state index contributed by atoms with van der Waals surface area (Å²) in [4.78, 5) is 12.8. The molecule has 2 atom stereocenters. The van der Waals surface area contributed by atoms with Gasteiger partial charge in [-0.15, -0.1) is 0 Å². The van der Waals surface area contributed by atoms with E-state index in [1.807, 2.05) is 0 Å². The molecule has 9 heteroatoms. The third-order valence-corrected chi connectivity index (χ3v) is 5.79. The van der Waals surface area contributed by atoms with Gasteiger partial charge in [-0.25, -0.2) is 8.78 Å². The molecule has 0 radical (unpaired) electrons. The van der Waals surface area contributed by atoms with Crippen LogP contribution in [0.1, 0.15) is 55.4 Å². The summed E-state index contributed by atoms with van der Waals surface area (Å²) in [6.07, 6.45) is 2.59. The Morgan fingerprint density at radius 3 is 2.65 bits per heavy atom. The second kappa shape index (κ2) is 12.4. The molecule has 34 heavy (non-hydrogen) atoms. The summed E-state index contributed by atoms with van der Waals surface area (Å²) < 4.78 is 41.0. The largest absolute Gasteiger partial charge is 0.490 e. The molecule has 184 valence electrons. The van der Waals surface area contributed by atoms with Crippen molar-refractivity contribution in [2.75, 3.05) is 19.8 Å². The number of carbonyl (C=O) groups is 1. The van der Waals surface area contributed by atoms with Crippen LogP contribution in [0.2, 0.25) is 0 Å². The highest BCUT2D eigenvalue weighted by molar-refractivity contribution is 5.94. The van der Waals surface area contributed by atoms with Crippen molar-refractivity contribution < 1.29 is 23.0 Å². The van der Waals surface area contributed by atoms with Crippen LogP contribution in [0.5, 0.6) is 5.75 Å². The number of rotatable bonds is 11. The average molecular weight is 475 g/mol. The standard InChI is InChI=1S/C25H32F2N4O3/c1-2-33-23(25(32)31-15-16-6-8-17(9-7-16)24(28)29)21-19(26)10-11-20(22(21)27)34-14-12-18-5-3-4-13-30-18/h6-11,18,23,30H,2-5,12-15H2,1H3,(H3,28,29)(H,31,32)/t18?,23-/m0/s1. The van der Waals surface area contributed by atoms with Crippen LogP contribution in [0, 0.1) is 17.0 Å². The number of hydrogen-bond acceptors (Lipinski definition) is 5. The molecule has 1 amide bonds. The van der Waals surface area contributed by atoms with Crippen molar-refractivity contribution in [2.45, 2.75) is 51.3 Å². The molecule has 0 saturated carbocycles. The topological polar surface area (TPSA) is 109 Å². The van der Waals surface area contributed by atoms with E-state index in [-0.39, 0.29) is 31.3 Å². The van der Waals surface area contributed by atoms with Gasteiger partial charge < -0.3 is 25.8 Å². The van der Waals surface area contributed by atoms with E-state index in [9.17, 15) is 9.18 Å². The number of nitrogen functional groups attached to an aromatic ring is 1. The predicted octanol–water partition coefficient (Wildman–Crippen LogP) is 3.55. The van der Waals surface area contributed by atoms with Gasteiger partial charge in [0, 0.05) is 24.8 Å². The van der Waals surface area contributed by atoms with Crippen molar-refractivity contribution in [2.24, 2.45) is 5.73 Å². The third kappa shape index (κ3) is 6.74. The highest BCUT2D eigenvalue weighted by Crippen LogP contribution is 2.31. The SMILES string of the molecule is CCO[C@H](C(=O)NCc1ccc(C(=N)N)cc1)c1c(F)ccc(OCCC2CCCCN2)c1F. The summed E-state index contributed by atoms with van der Waals surface area (Å²) in [6, 6.07) is 9.39. The Morgan fingerprint density at radius 2 is 2.00 bits per heavy atom. The Labute approximate surface area is 198 Å². The Bertz CT molecular complexity index is 979. The van der Waals surface area contributed by atoms with Gasteiger partial charge in [0.15, 0.2) is 17.7 Å². The zero-order valence-electron chi connectivity index (χ0n) is 19.3. The predicted molar refractivity (Wildman–Crippen MR) is 126 cm³/mol. The fourth-order valence-electron chi connectivity index (χ4n) is 3.92.